The number of esters is 1. The molecule has 10 heteroatoms. The van der Waals surface area contributed by atoms with Crippen molar-refractivity contribution in [1.29, 1.82) is 0 Å². The molecule has 0 saturated heterocycles. The molecular formula is C29H24BrN3O6. The van der Waals surface area contributed by atoms with Gasteiger partial charge in [0.2, 0.25) is 5.82 Å². The van der Waals surface area contributed by atoms with Crippen LogP contribution in [0.3, 0.4) is 0 Å². The molecule has 198 valence electrons. The van der Waals surface area contributed by atoms with Crippen LogP contribution >= 0.6 is 15.9 Å². The molecule has 0 amide bonds. The highest BCUT2D eigenvalue weighted by atomic mass is 79.9. The van der Waals surface area contributed by atoms with Gasteiger partial charge in [-0.15, -0.1) is 0 Å². The van der Waals surface area contributed by atoms with Crippen LogP contribution in [0.2, 0.25) is 0 Å². The fraction of sp³-hybridized carbons (Fsp3) is 0.172. The third kappa shape index (κ3) is 5.28. The van der Waals surface area contributed by atoms with Crippen molar-refractivity contribution >= 4 is 50.0 Å². The van der Waals surface area contributed by atoms with Gasteiger partial charge < -0.3 is 18.6 Å². The van der Waals surface area contributed by atoms with E-state index in [2.05, 4.69) is 21.0 Å². The van der Waals surface area contributed by atoms with Crippen LogP contribution in [-0.4, -0.2) is 41.7 Å². The van der Waals surface area contributed by atoms with Crippen molar-refractivity contribution in [3.63, 3.8) is 0 Å². The largest absolute Gasteiger partial charge is 0.496 e. The fourth-order valence-electron chi connectivity index (χ4n) is 4.06. The third-order valence-corrected chi connectivity index (χ3v) is 6.42. The predicted molar refractivity (Wildman–Crippen MR) is 152 cm³/mol. The highest BCUT2D eigenvalue weighted by Crippen LogP contribution is 2.33. The maximum atomic E-state index is 13.6. The molecule has 5 aromatic rings. The van der Waals surface area contributed by atoms with E-state index in [9.17, 15) is 9.59 Å². The lowest BCUT2D eigenvalue weighted by atomic mass is 10.2. The average molecular weight is 590 g/mol. The van der Waals surface area contributed by atoms with Crippen LogP contribution in [0.5, 0.6) is 11.5 Å². The Hall–Kier alpha value is -4.44. The molecule has 1 atom stereocenters. The number of para-hydroxylation sites is 1. The molecule has 3 aromatic carbocycles. The van der Waals surface area contributed by atoms with Crippen LogP contribution in [0.4, 0.5) is 0 Å². The van der Waals surface area contributed by atoms with Crippen molar-refractivity contribution in [2.75, 3.05) is 13.7 Å². The molecule has 0 spiro atoms. The van der Waals surface area contributed by atoms with Crippen molar-refractivity contribution < 1.29 is 23.4 Å². The first kappa shape index (κ1) is 26.2. The van der Waals surface area contributed by atoms with E-state index in [1.54, 1.807) is 63.4 Å². The monoisotopic (exact) mass is 589 g/mol. The van der Waals surface area contributed by atoms with Gasteiger partial charge in [0.05, 0.1) is 36.2 Å². The van der Waals surface area contributed by atoms with E-state index in [1.165, 1.54) is 10.9 Å². The van der Waals surface area contributed by atoms with Gasteiger partial charge in [-0.25, -0.2) is 9.78 Å². The molecule has 0 aliphatic heterocycles. The molecule has 5 rings (SSSR count). The molecule has 0 N–H and O–H groups in total. The smallest absolute Gasteiger partial charge is 0.347 e. The molecule has 0 saturated carbocycles. The summed E-state index contributed by atoms with van der Waals surface area (Å²) < 4.78 is 24.4. The number of furan rings is 1. The molecular weight excluding hydrogens is 566 g/mol. The second kappa shape index (κ2) is 11.1. The van der Waals surface area contributed by atoms with Crippen LogP contribution < -0.4 is 15.0 Å². The van der Waals surface area contributed by atoms with E-state index in [4.69, 9.17) is 23.6 Å². The lowest BCUT2D eigenvalue weighted by Gasteiger charge is -2.15. The quantitative estimate of drug-likeness (QED) is 0.166. The van der Waals surface area contributed by atoms with E-state index in [-0.39, 0.29) is 18.0 Å². The number of benzene rings is 3. The third-order valence-electron chi connectivity index (χ3n) is 5.92. The zero-order valence-corrected chi connectivity index (χ0v) is 23.0. The maximum absolute atomic E-state index is 13.6. The van der Waals surface area contributed by atoms with Crippen molar-refractivity contribution in [3.8, 4) is 23.1 Å². The van der Waals surface area contributed by atoms with Crippen LogP contribution in [0.1, 0.15) is 19.4 Å². The Morgan fingerprint density at radius 1 is 1.10 bits per heavy atom. The van der Waals surface area contributed by atoms with E-state index in [0.717, 1.165) is 9.86 Å². The number of carbonyl (C=O) groups is 1. The molecule has 0 aliphatic rings. The Kier molecular flexibility index (Phi) is 7.47. The first-order chi connectivity index (χ1) is 18.9. The number of ether oxygens (including phenoxy) is 3. The minimum Gasteiger partial charge on any atom is -0.496 e. The van der Waals surface area contributed by atoms with Gasteiger partial charge in [-0.3, -0.25) is 4.79 Å². The minimum atomic E-state index is -0.843. The number of halogens is 1. The Bertz CT molecular complexity index is 1770. The summed E-state index contributed by atoms with van der Waals surface area (Å²) in [4.78, 5) is 30.5. The van der Waals surface area contributed by atoms with E-state index in [1.807, 2.05) is 24.3 Å². The van der Waals surface area contributed by atoms with Crippen molar-refractivity contribution in [3.05, 3.63) is 87.1 Å². The molecule has 2 aromatic heterocycles. The lowest BCUT2D eigenvalue weighted by molar-refractivity contribution is -0.150. The Labute approximate surface area is 231 Å². The van der Waals surface area contributed by atoms with Gasteiger partial charge in [0, 0.05) is 10.0 Å². The normalized spacial score (nSPS) is 12.2. The number of hydrogen-bond donors (Lipinski definition) is 0. The summed E-state index contributed by atoms with van der Waals surface area (Å²) in [6, 6.07) is 19.5. The van der Waals surface area contributed by atoms with E-state index < -0.39 is 12.1 Å². The summed E-state index contributed by atoms with van der Waals surface area (Å²) in [6.07, 6.45) is 0.632. The Morgan fingerprint density at radius 3 is 2.72 bits per heavy atom. The molecule has 0 aliphatic carbocycles. The first-order valence-corrected chi connectivity index (χ1v) is 12.9. The maximum Gasteiger partial charge on any atom is 0.347 e. The van der Waals surface area contributed by atoms with Crippen LogP contribution in [0, 0.1) is 0 Å². The minimum absolute atomic E-state index is 0.213. The predicted octanol–water partition coefficient (Wildman–Crippen LogP) is 5.79. The second-order valence-electron chi connectivity index (χ2n) is 8.49. The van der Waals surface area contributed by atoms with Crippen LogP contribution in [-0.2, 0) is 9.53 Å². The zero-order chi connectivity index (χ0) is 27.5. The first-order valence-electron chi connectivity index (χ1n) is 12.2. The molecule has 0 fully saturated rings. The number of nitrogens with zero attached hydrogens (tertiary/aromatic N) is 3. The number of rotatable bonds is 8. The van der Waals surface area contributed by atoms with Gasteiger partial charge in [0.15, 0.2) is 11.9 Å². The fourth-order valence-corrected chi connectivity index (χ4v) is 4.44. The molecule has 0 bridgehead atoms. The van der Waals surface area contributed by atoms with Crippen LogP contribution in [0.15, 0.2) is 85.5 Å². The molecule has 39 heavy (non-hydrogen) atoms. The van der Waals surface area contributed by atoms with Crippen molar-refractivity contribution in [1.82, 2.24) is 9.66 Å². The van der Waals surface area contributed by atoms with Crippen LogP contribution in [0.25, 0.3) is 33.5 Å². The lowest BCUT2D eigenvalue weighted by Crippen LogP contribution is -2.26. The highest BCUT2D eigenvalue weighted by Gasteiger charge is 2.19. The van der Waals surface area contributed by atoms with Gasteiger partial charge >= 0.3 is 5.97 Å². The number of carbonyl (C=O) groups excluding carboxylic acids is 1. The Morgan fingerprint density at radius 2 is 1.92 bits per heavy atom. The highest BCUT2D eigenvalue weighted by molar-refractivity contribution is 9.10. The standard InChI is InChI=1S/C29H24BrN3O6/c1-4-37-29(35)17(2)38-23-13-12-19(30)14-18(23)16-31-33-27(32-22-9-6-5-8-20(22)28(33)34)26-15-21-24(36-3)10-7-11-25(21)39-26/h5-17H,4H2,1-3H3/t17-/m1/s1. The second-order valence-corrected chi connectivity index (χ2v) is 9.41. The topological polar surface area (TPSA) is 105 Å². The molecule has 2 heterocycles. The number of methoxy groups -OCH3 is 1. The van der Waals surface area contributed by atoms with Gasteiger partial charge in [-0.05, 0) is 62.4 Å². The number of hydrogen-bond acceptors (Lipinski definition) is 8. The van der Waals surface area contributed by atoms with Gasteiger partial charge in [0.25, 0.3) is 5.56 Å². The molecule has 0 radical (unpaired) electrons. The molecule has 9 nitrogen and oxygen atoms in total. The van der Waals surface area contributed by atoms with E-state index >= 15 is 0 Å². The number of aromatic nitrogens is 2. The Balaban J connectivity index is 1.64. The zero-order valence-electron chi connectivity index (χ0n) is 21.4. The summed E-state index contributed by atoms with van der Waals surface area (Å²) in [7, 11) is 1.58. The van der Waals surface area contributed by atoms with Crippen molar-refractivity contribution in [2.45, 2.75) is 20.0 Å². The average Bonchev–Trinajstić information content (AvgIpc) is 3.38. The van der Waals surface area contributed by atoms with Crippen molar-refractivity contribution in [2.24, 2.45) is 5.10 Å². The summed E-state index contributed by atoms with van der Waals surface area (Å²) >= 11 is 3.46. The van der Waals surface area contributed by atoms with Gasteiger partial charge in [-0.1, -0.05) is 34.1 Å². The summed E-state index contributed by atoms with van der Waals surface area (Å²) in [5.41, 5.74) is 1.23. The van der Waals surface area contributed by atoms with Gasteiger partial charge in [-0.2, -0.15) is 9.78 Å². The number of fused-ring (bicyclic) bond motifs is 2. The van der Waals surface area contributed by atoms with E-state index in [0.29, 0.717) is 39.3 Å². The summed E-state index contributed by atoms with van der Waals surface area (Å²) in [5.74, 6) is 1.09. The molecule has 0 unspecified atom stereocenters. The van der Waals surface area contributed by atoms with Gasteiger partial charge in [0.1, 0.15) is 17.1 Å². The summed E-state index contributed by atoms with van der Waals surface area (Å²) in [6.45, 7) is 3.58. The summed E-state index contributed by atoms with van der Waals surface area (Å²) in [5, 5.41) is 5.65. The SMILES string of the molecule is CCOC(=O)[C@@H](C)Oc1ccc(Br)cc1C=Nn1c(-c2cc3c(OC)cccc3o2)nc2ccccc2c1=O.